The van der Waals surface area contributed by atoms with Gasteiger partial charge in [0.25, 0.3) is 0 Å². The molecule has 0 radical (unpaired) electrons. The molecule has 1 saturated heterocycles. The molecule has 0 unspecified atom stereocenters. The molecule has 2 rings (SSSR count). The largest absolute Gasteiger partial charge is 0.352 e. The van der Waals surface area contributed by atoms with Crippen LogP contribution in [0.3, 0.4) is 0 Å². The fourth-order valence-electron chi connectivity index (χ4n) is 2.93. The number of carbonyl (C=O) groups is 2. The summed E-state index contributed by atoms with van der Waals surface area (Å²) in [5.74, 6) is -0.221. The summed E-state index contributed by atoms with van der Waals surface area (Å²) in [6.45, 7) is 4.67. The first kappa shape index (κ1) is 19.1. The van der Waals surface area contributed by atoms with Crippen molar-refractivity contribution in [3.63, 3.8) is 0 Å². The number of nitrogens with one attached hydrogen (secondary N) is 1. The summed E-state index contributed by atoms with van der Waals surface area (Å²) >= 11 is 1.58. The van der Waals surface area contributed by atoms with Gasteiger partial charge in [0.05, 0.1) is 6.26 Å². The first-order valence-corrected chi connectivity index (χ1v) is 10.7. The van der Waals surface area contributed by atoms with E-state index < -0.39 is 10.0 Å². The first-order valence-electron chi connectivity index (χ1n) is 8.01. The highest BCUT2D eigenvalue weighted by Gasteiger charge is 2.26. The van der Waals surface area contributed by atoms with Gasteiger partial charge in [0.1, 0.15) is 0 Å². The van der Waals surface area contributed by atoms with Gasteiger partial charge in [0.15, 0.2) is 5.78 Å². The van der Waals surface area contributed by atoms with Gasteiger partial charge in [0, 0.05) is 47.3 Å². The van der Waals surface area contributed by atoms with Gasteiger partial charge in [-0.05, 0) is 32.8 Å². The molecule has 1 aliphatic heterocycles. The van der Waals surface area contributed by atoms with Crippen molar-refractivity contribution in [2.24, 2.45) is 0 Å². The summed E-state index contributed by atoms with van der Waals surface area (Å²) in [5.41, 5.74) is 0.700. The molecule has 0 bridgehead atoms. The van der Waals surface area contributed by atoms with Gasteiger partial charge in [-0.25, -0.2) is 12.7 Å². The fraction of sp³-hybridized carbons (Fsp3) is 0.625. The molecule has 134 valence electrons. The Morgan fingerprint density at radius 3 is 2.62 bits per heavy atom. The zero-order chi connectivity index (χ0) is 17.9. The molecular formula is C16H24N2O4S2. The number of piperidine rings is 1. The number of nitrogens with zero attached hydrogens (tertiary/aromatic N) is 1. The number of Topliss-reactive ketones (excluding diaryl/α,β-unsaturated/α-hetero) is 1. The van der Waals surface area contributed by atoms with Crippen molar-refractivity contribution in [1.29, 1.82) is 0 Å². The molecule has 2 heterocycles. The van der Waals surface area contributed by atoms with Crippen LogP contribution >= 0.6 is 11.3 Å². The lowest BCUT2D eigenvalue weighted by atomic mass is 10.1. The molecule has 1 N–H and O–H groups in total. The third-order valence-corrected chi connectivity index (χ3v) is 6.37. The number of carbonyl (C=O) groups excluding carboxylic acids is 2. The molecule has 1 atom stereocenters. The predicted molar refractivity (Wildman–Crippen MR) is 94.9 cm³/mol. The molecule has 8 heteroatoms. The van der Waals surface area contributed by atoms with E-state index in [1.165, 1.54) is 10.6 Å². The van der Waals surface area contributed by atoms with Crippen LogP contribution in [-0.2, 0) is 14.8 Å². The Morgan fingerprint density at radius 2 is 2.04 bits per heavy atom. The minimum atomic E-state index is -3.23. The van der Waals surface area contributed by atoms with Crippen molar-refractivity contribution in [2.45, 2.75) is 45.6 Å². The average molecular weight is 373 g/mol. The Kier molecular flexibility index (Phi) is 6.17. The minimum Gasteiger partial charge on any atom is -0.352 e. The molecule has 1 amide bonds. The molecule has 0 aromatic carbocycles. The van der Waals surface area contributed by atoms with E-state index >= 15 is 0 Å². The van der Waals surface area contributed by atoms with Gasteiger partial charge in [-0.1, -0.05) is 0 Å². The Balaban J connectivity index is 1.83. The highest BCUT2D eigenvalue weighted by atomic mass is 32.2. The number of ketones is 1. The Hall–Kier alpha value is -1.25. The second-order valence-electron chi connectivity index (χ2n) is 6.28. The van der Waals surface area contributed by atoms with Gasteiger partial charge in [0.2, 0.25) is 15.9 Å². The molecular weight excluding hydrogens is 348 g/mol. The maximum atomic E-state index is 12.2. The molecule has 0 spiro atoms. The number of hydrogen-bond acceptors (Lipinski definition) is 5. The van der Waals surface area contributed by atoms with Crippen molar-refractivity contribution in [3.05, 3.63) is 21.4 Å². The van der Waals surface area contributed by atoms with Gasteiger partial charge >= 0.3 is 0 Å². The number of hydrogen-bond donors (Lipinski definition) is 1. The summed E-state index contributed by atoms with van der Waals surface area (Å²) in [6, 6.07) is 1.69. The van der Waals surface area contributed by atoms with Gasteiger partial charge in [-0.2, -0.15) is 0 Å². The van der Waals surface area contributed by atoms with E-state index in [0.717, 1.165) is 22.6 Å². The number of amides is 1. The lowest BCUT2D eigenvalue weighted by molar-refractivity contribution is -0.122. The predicted octanol–water partition coefficient (Wildman–Crippen LogP) is 1.87. The summed E-state index contributed by atoms with van der Waals surface area (Å²) < 4.78 is 24.6. The van der Waals surface area contributed by atoms with E-state index in [-0.39, 0.29) is 30.6 Å². The Morgan fingerprint density at radius 1 is 1.33 bits per heavy atom. The number of sulfonamides is 1. The van der Waals surface area contributed by atoms with Crippen molar-refractivity contribution >= 4 is 33.1 Å². The smallest absolute Gasteiger partial charge is 0.220 e. The number of thiophene rings is 1. The maximum Gasteiger partial charge on any atom is 0.220 e. The second-order valence-corrected chi connectivity index (χ2v) is 9.72. The van der Waals surface area contributed by atoms with Gasteiger partial charge < -0.3 is 5.32 Å². The van der Waals surface area contributed by atoms with E-state index in [9.17, 15) is 18.0 Å². The molecule has 0 aliphatic carbocycles. The number of aryl methyl sites for hydroxylation is 2. The molecule has 0 saturated carbocycles. The van der Waals surface area contributed by atoms with E-state index in [2.05, 4.69) is 5.32 Å². The third-order valence-electron chi connectivity index (χ3n) is 4.14. The number of rotatable bonds is 6. The van der Waals surface area contributed by atoms with Crippen LogP contribution in [0.1, 0.15) is 45.8 Å². The van der Waals surface area contributed by atoms with Crippen molar-refractivity contribution in [1.82, 2.24) is 9.62 Å². The molecule has 1 aliphatic rings. The quantitative estimate of drug-likeness (QED) is 0.773. The van der Waals surface area contributed by atoms with Gasteiger partial charge in [-0.3, -0.25) is 9.59 Å². The lowest BCUT2D eigenvalue weighted by Crippen LogP contribution is -2.49. The summed E-state index contributed by atoms with van der Waals surface area (Å²) in [6.07, 6.45) is 2.97. The highest BCUT2D eigenvalue weighted by molar-refractivity contribution is 7.88. The first-order chi connectivity index (χ1) is 11.2. The van der Waals surface area contributed by atoms with Crippen LogP contribution < -0.4 is 5.32 Å². The molecule has 1 fully saturated rings. The van der Waals surface area contributed by atoms with Crippen LogP contribution in [0.4, 0.5) is 0 Å². The molecule has 1 aromatic rings. The highest BCUT2D eigenvalue weighted by Crippen LogP contribution is 2.22. The monoisotopic (exact) mass is 372 g/mol. The molecule has 1 aromatic heterocycles. The average Bonchev–Trinajstić information content (AvgIpc) is 2.83. The van der Waals surface area contributed by atoms with Crippen LogP contribution in [-0.4, -0.2) is 49.8 Å². The topological polar surface area (TPSA) is 83.6 Å². The zero-order valence-corrected chi connectivity index (χ0v) is 15.9. The van der Waals surface area contributed by atoms with E-state index in [4.69, 9.17) is 0 Å². The van der Waals surface area contributed by atoms with E-state index in [0.29, 0.717) is 18.7 Å². The summed E-state index contributed by atoms with van der Waals surface area (Å²) in [7, 11) is -3.23. The van der Waals surface area contributed by atoms with Crippen molar-refractivity contribution in [2.75, 3.05) is 19.3 Å². The Labute approximate surface area is 147 Å². The van der Waals surface area contributed by atoms with Crippen LogP contribution in [0.25, 0.3) is 0 Å². The molecule has 24 heavy (non-hydrogen) atoms. The SMILES string of the molecule is Cc1cc(C(=O)CCC(=O)N[C@@H]2CCCN(S(C)(=O)=O)C2)c(C)s1. The third kappa shape index (κ3) is 5.12. The van der Waals surface area contributed by atoms with Crippen LogP contribution in [0.15, 0.2) is 6.07 Å². The standard InChI is InChI=1S/C16H24N2O4S2/c1-11-9-14(12(2)23-11)15(19)6-7-16(20)17-13-5-4-8-18(10-13)24(3,21)22/h9,13H,4-8,10H2,1-3H3,(H,17,20)/t13-/m1/s1. The normalized spacial score (nSPS) is 19.2. The maximum absolute atomic E-state index is 12.2. The second kappa shape index (κ2) is 7.76. The van der Waals surface area contributed by atoms with Gasteiger partial charge in [-0.15, -0.1) is 11.3 Å². The van der Waals surface area contributed by atoms with Crippen LogP contribution in [0, 0.1) is 13.8 Å². The Bertz CT molecular complexity index is 724. The van der Waals surface area contributed by atoms with Crippen molar-refractivity contribution < 1.29 is 18.0 Å². The zero-order valence-electron chi connectivity index (χ0n) is 14.3. The van der Waals surface area contributed by atoms with E-state index in [1.807, 2.05) is 19.9 Å². The lowest BCUT2D eigenvalue weighted by Gasteiger charge is -2.31. The summed E-state index contributed by atoms with van der Waals surface area (Å²) in [5, 5.41) is 2.85. The fourth-order valence-corrected chi connectivity index (χ4v) is 4.78. The summed E-state index contributed by atoms with van der Waals surface area (Å²) in [4.78, 5) is 26.3. The minimum absolute atomic E-state index is 0.0200. The van der Waals surface area contributed by atoms with Crippen molar-refractivity contribution in [3.8, 4) is 0 Å². The van der Waals surface area contributed by atoms with Crippen LogP contribution in [0.5, 0.6) is 0 Å². The van der Waals surface area contributed by atoms with Crippen LogP contribution in [0.2, 0.25) is 0 Å². The van der Waals surface area contributed by atoms with E-state index in [1.54, 1.807) is 11.3 Å². The molecule has 6 nitrogen and oxygen atoms in total.